The van der Waals surface area contributed by atoms with E-state index in [4.69, 9.17) is 11.6 Å². The quantitative estimate of drug-likeness (QED) is 0.355. The molecule has 1 aliphatic carbocycles. The van der Waals surface area contributed by atoms with Crippen molar-refractivity contribution in [3.05, 3.63) is 68.6 Å². The minimum atomic E-state index is -0.227. The maximum Gasteiger partial charge on any atom is 0.198 e. The van der Waals surface area contributed by atoms with E-state index in [0.717, 1.165) is 39.5 Å². The summed E-state index contributed by atoms with van der Waals surface area (Å²) in [5.41, 5.74) is 3.01. The third-order valence-electron chi connectivity index (χ3n) is 5.19. The highest BCUT2D eigenvalue weighted by Crippen LogP contribution is 2.46. The summed E-state index contributed by atoms with van der Waals surface area (Å²) in [6.07, 6.45) is 4.89. The average Bonchev–Trinajstić information content (AvgIpc) is 3.14. The van der Waals surface area contributed by atoms with Gasteiger partial charge in [-0.25, -0.2) is 0 Å². The molecule has 1 atom stereocenters. The van der Waals surface area contributed by atoms with Gasteiger partial charge in [0.25, 0.3) is 0 Å². The number of hydrogen-bond acceptors (Lipinski definition) is 5. The number of halogens is 1. The van der Waals surface area contributed by atoms with Crippen LogP contribution in [-0.4, -0.2) is 22.4 Å². The molecule has 2 aliphatic rings. The average molecular weight is 461 g/mol. The van der Waals surface area contributed by atoms with Crippen molar-refractivity contribution in [1.29, 1.82) is 0 Å². The molecule has 0 bridgehead atoms. The highest BCUT2D eigenvalue weighted by atomic mass is 35.5. The smallest absolute Gasteiger partial charge is 0.198 e. The van der Waals surface area contributed by atoms with Crippen LogP contribution in [0.3, 0.4) is 0 Å². The van der Waals surface area contributed by atoms with Gasteiger partial charge in [0.2, 0.25) is 0 Å². The lowest BCUT2D eigenvalue weighted by Gasteiger charge is -2.19. The van der Waals surface area contributed by atoms with Gasteiger partial charge in [0, 0.05) is 26.7 Å². The zero-order valence-electron chi connectivity index (χ0n) is 16.3. The van der Waals surface area contributed by atoms with Crippen LogP contribution >= 0.6 is 46.9 Å². The van der Waals surface area contributed by atoms with Gasteiger partial charge in [0.1, 0.15) is 0 Å². The zero-order chi connectivity index (χ0) is 20.5. The number of carbonyl (C=O) groups excluding carboxylic acids is 2. The molecule has 0 N–H and O–H groups in total. The predicted octanol–water partition coefficient (Wildman–Crippen LogP) is 6.97. The summed E-state index contributed by atoms with van der Waals surface area (Å²) in [4.78, 5) is 29.3. The summed E-state index contributed by atoms with van der Waals surface area (Å²) in [6.45, 7) is 2.04. The second kappa shape index (κ2) is 8.93. The maximum atomic E-state index is 13.4. The van der Waals surface area contributed by atoms with Crippen molar-refractivity contribution in [2.24, 2.45) is 0 Å². The number of benzene rings is 2. The van der Waals surface area contributed by atoms with Gasteiger partial charge in [-0.15, -0.1) is 11.8 Å². The van der Waals surface area contributed by atoms with Crippen molar-refractivity contribution >= 4 is 58.5 Å². The number of rotatable bonds is 5. The number of Topliss-reactive ketones (excluding diaryl/α,β-unsaturated/α-hetero) is 2. The molecule has 150 valence electrons. The Hall–Kier alpha value is -1.14. The SMILES string of the molecule is CSC1Cc2c(ccc(C(=O)C3=C(Sc4ccc(C)cc4)CCCC3=O)c2Cl)S1. The molecule has 1 heterocycles. The highest BCUT2D eigenvalue weighted by Gasteiger charge is 2.32. The minimum absolute atomic E-state index is 0.0659. The molecule has 4 rings (SSSR count). The summed E-state index contributed by atoms with van der Waals surface area (Å²) in [5, 5.41) is 0.516. The van der Waals surface area contributed by atoms with E-state index in [0.29, 0.717) is 27.2 Å². The Labute approximate surface area is 189 Å². The van der Waals surface area contributed by atoms with Crippen LogP contribution in [-0.2, 0) is 11.2 Å². The summed E-state index contributed by atoms with van der Waals surface area (Å²) in [6, 6.07) is 11.9. The number of aryl methyl sites for hydroxylation is 1. The summed E-state index contributed by atoms with van der Waals surface area (Å²) in [7, 11) is 0. The van der Waals surface area contributed by atoms with E-state index in [1.165, 1.54) is 17.3 Å². The number of allylic oxidation sites excluding steroid dienone is 2. The van der Waals surface area contributed by atoms with Crippen molar-refractivity contribution in [3.8, 4) is 0 Å². The predicted molar refractivity (Wildman–Crippen MR) is 126 cm³/mol. The van der Waals surface area contributed by atoms with Gasteiger partial charge in [-0.1, -0.05) is 41.1 Å². The normalized spacial score (nSPS) is 18.9. The molecule has 0 saturated heterocycles. The second-order valence-electron chi connectivity index (χ2n) is 7.21. The van der Waals surface area contributed by atoms with Crippen molar-refractivity contribution in [2.45, 2.75) is 47.0 Å². The molecule has 2 aromatic carbocycles. The van der Waals surface area contributed by atoms with Gasteiger partial charge < -0.3 is 0 Å². The molecule has 0 spiro atoms. The first-order valence-corrected chi connectivity index (χ1v) is 12.9. The largest absolute Gasteiger partial charge is 0.294 e. The van der Waals surface area contributed by atoms with Crippen LogP contribution in [0.5, 0.6) is 0 Å². The number of carbonyl (C=O) groups is 2. The van der Waals surface area contributed by atoms with E-state index in [2.05, 4.69) is 6.26 Å². The fourth-order valence-corrected chi connectivity index (χ4v) is 7.15. The van der Waals surface area contributed by atoms with E-state index < -0.39 is 0 Å². The molecular weight excluding hydrogens is 440 g/mol. The van der Waals surface area contributed by atoms with Gasteiger partial charge in [-0.2, -0.15) is 11.8 Å². The Morgan fingerprint density at radius 2 is 1.90 bits per heavy atom. The standard InChI is InChI=1S/C23H21ClO2S3/c1-13-6-8-14(9-7-13)28-19-5-3-4-17(25)21(19)23(26)15-10-11-18-16(22(15)24)12-20(27-2)29-18/h6-11,20H,3-5,12H2,1-2H3. The maximum absolute atomic E-state index is 13.4. The molecule has 2 nitrogen and oxygen atoms in total. The molecule has 29 heavy (non-hydrogen) atoms. The minimum Gasteiger partial charge on any atom is -0.294 e. The van der Waals surface area contributed by atoms with Gasteiger partial charge in [0.15, 0.2) is 11.6 Å². The van der Waals surface area contributed by atoms with E-state index in [1.807, 2.05) is 37.3 Å². The van der Waals surface area contributed by atoms with Crippen LogP contribution in [0, 0.1) is 6.92 Å². The van der Waals surface area contributed by atoms with Gasteiger partial charge >= 0.3 is 0 Å². The second-order valence-corrected chi connectivity index (χ2v) is 11.3. The Bertz CT molecular complexity index is 1010. The topological polar surface area (TPSA) is 34.1 Å². The lowest BCUT2D eigenvalue weighted by Crippen LogP contribution is -2.19. The number of hydrogen-bond donors (Lipinski definition) is 0. The third kappa shape index (κ3) is 4.34. The summed E-state index contributed by atoms with van der Waals surface area (Å²) in [5.74, 6) is -0.293. The molecule has 0 radical (unpaired) electrons. The Morgan fingerprint density at radius 1 is 1.14 bits per heavy atom. The molecule has 1 aliphatic heterocycles. The molecule has 1 unspecified atom stereocenters. The molecule has 0 amide bonds. The fraction of sp³-hybridized carbons (Fsp3) is 0.304. The third-order valence-corrected chi connectivity index (χ3v) is 9.41. The van der Waals surface area contributed by atoms with Crippen molar-refractivity contribution < 1.29 is 9.59 Å². The first-order valence-electron chi connectivity index (χ1n) is 9.54. The van der Waals surface area contributed by atoms with E-state index in [9.17, 15) is 9.59 Å². The Morgan fingerprint density at radius 3 is 2.62 bits per heavy atom. The number of fused-ring (bicyclic) bond motifs is 1. The molecular formula is C23H21ClO2S3. The number of ketones is 2. The highest BCUT2D eigenvalue weighted by molar-refractivity contribution is 8.17. The first-order chi connectivity index (χ1) is 14.0. The molecule has 6 heteroatoms. The lowest BCUT2D eigenvalue weighted by atomic mass is 9.91. The van der Waals surface area contributed by atoms with Crippen LogP contribution in [0.4, 0.5) is 0 Å². The van der Waals surface area contributed by atoms with Gasteiger partial charge in [-0.05, 0) is 62.3 Å². The van der Waals surface area contributed by atoms with E-state index in [1.54, 1.807) is 29.6 Å². The zero-order valence-corrected chi connectivity index (χ0v) is 19.5. The molecule has 0 fully saturated rings. The van der Waals surface area contributed by atoms with Crippen LogP contribution in [0.1, 0.15) is 40.7 Å². The monoisotopic (exact) mass is 460 g/mol. The lowest BCUT2D eigenvalue weighted by molar-refractivity contribution is -0.115. The molecule has 2 aromatic rings. The van der Waals surface area contributed by atoms with Gasteiger partial charge in [0.05, 0.1) is 15.2 Å². The van der Waals surface area contributed by atoms with Gasteiger partial charge in [-0.3, -0.25) is 9.59 Å². The Kier molecular flexibility index (Phi) is 6.50. The van der Waals surface area contributed by atoms with Crippen molar-refractivity contribution in [2.75, 3.05) is 6.26 Å². The van der Waals surface area contributed by atoms with E-state index >= 15 is 0 Å². The van der Waals surface area contributed by atoms with Crippen LogP contribution < -0.4 is 0 Å². The van der Waals surface area contributed by atoms with Crippen LogP contribution in [0.15, 0.2) is 56.7 Å². The summed E-state index contributed by atoms with van der Waals surface area (Å²) >= 11 is 11.8. The van der Waals surface area contributed by atoms with E-state index in [-0.39, 0.29) is 11.6 Å². The Balaban J connectivity index is 1.71. The first kappa shape index (κ1) is 21.1. The fourth-order valence-electron chi connectivity index (χ4n) is 3.61. The van der Waals surface area contributed by atoms with Crippen LogP contribution in [0.25, 0.3) is 0 Å². The van der Waals surface area contributed by atoms with Crippen molar-refractivity contribution in [3.63, 3.8) is 0 Å². The summed E-state index contributed by atoms with van der Waals surface area (Å²) < 4.78 is 0.427. The molecule has 0 saturated carbocycles. The van der Waals surface area contributed by atoms with Crippen molar-refractivity contribution in [1.82, 2.24) is 0 Å². The molecule has 0 aromatic heterocycles. The van der Waals surface area contributed by atoms with Crippen LogP contribution in [0.2, 0.25) is 5.02 Å². The number of thioether (sulfide) groups is 3.